The SMILES string of the molecule is CC1CC(C)(C)Nc2ccc(F)cc21.Cl. The van der Waals surface area contributed by atoms with E-state index in [2.05, 4.69) is 26.1 Å². The van der Waals surface area contributed by atoms with Crippen molar-refractivity contribution in [2.75, 3.05) is 5.32 Å². The molecule has 0 aromatic heterocycles. The third kappa shape index (κ3) is 2.43. The molecule has 0 fully saturated rings. The van der Waals surface area contributed by atoms with Gasteiger partial charge in [0.1, 0.15) is 5.82 Å². The van der Waals surface area contributed by atoms with Crippen molar-refractivity contribution in [3.63, 3.8) is 0 Å². The molecule has 0 amide bonds. The highest BCUT2D eigenvalue weighted by Crippen LogP contribution is 2.38. The fourth-order valence-corrected chi connectivity index (χ4v) is 2.35. The zero-order chi connectivity index (χ0) is 10.3. The summed E-state index contributed by atoms with van der Waals surface area (Å²) in [5.41, 5.74) is 2.30. The first-order chi connectivity index (χ1) is 6.48. The molecule has 1 unspecified atom stereocenters. The van der Waals surface area contributed by atoms with E-state index in [1.54, 1.807) is 6.07 Å². The lowest BCUT2D eigenvalue weighted by Gasteiger charge is -2.37. The molecule has 1 aromatic carbocycles. The van der Waals surface area contributed by atoms with Crippen LogP contribution in [0.3, 0.4) is 0 Å². The van der Waals surface area contributed by atoms with Crippen molar-refractivity contribution < 1.29 is 4.39 Å². The van der Waals surface area contributed by atoms with Crippen LogP contribution in [0.5, 0.6) is 0 Å². The molecule has 3 heteroatoms. The van der Waals surface area contributed by atoms with E-state index in [1.165, 1.54) is 6.07 Å². The van der Waals surface area contributed by atoms with Gasteiger partial charge in [-0.1, -0.05) is 6.92 Å². The molecule has 1 heterocycles. The molecule has 0 aliphatic carbocycles. The predicted octanol–water partition coefficient (Wildman–Crippen LogP) is 3.95. The molecule has 1 nitrogen and oxygen atoms in total. The summed E-state index contributed by atoms with van der Waals surface area (Å²) < 4.78 is 13.0. The van der Waals surface area contributed by atoms with Crippen LogP contribution in [-0.4, -0.2) is 5.54 Å². The van der Waals surface area contributed by atoms with Gasteiger partial charge in [0.25, 0.3) is 0 Å². The van der Waals surface area contributed by atoms with Crippen LogP contribution in [0.25, 0.3) is 0 Å². The summed E-state index contributed by atoms with van der Waals surface area (Å²) in [6.07, 6.45) is 1.05. The number of hydrogen-bond acceptors (Lipinski definition) is 1. The zero-order valence-corrected chi connectivity index (χ0v) is 10.1. The molecule has 1 aliphatic rings. The molecule has 0 spiro atoms. The Balaban J connectivity index is 0.00000112. The summed E-state index contributed by atoms with van der Waals surface area (Å²) in [4.78, 5) is 0. The molecule has 15 heavy (non-hydrogen) atoms. The fraction of sp³-hybridized carbons (Fsp3) is 0.500. The van der Waals surface area contributed by atoms with Crippen molar-refractivity contribution in [1.29, 1.82) is 0 Å². The Morgan fingerprint density at radius 2 is 2.07 bits per heavy atom. The Bertz CT molecular complexity index is 363. The van der Waals surface area contributed by atoms with Crippen LogP contribution in [0, 0.1) is 5.82 Å². The van der Waals surface area contributed by atoms with Gasteiger partial charge in [-0.25, -0.2) is 4.39 Å². The van der Waals surface area contributed by atoms with Crippen molar-refractivity contribution in [3.05, 3.63) is 29.6 Å². The van der Waals surface area contributed by atoms with Gasteiger partial charge in [-0.3, -0.25) is 0 Å². The molecular weight excluding hydrogens is 213 g/mol. The lowest BCUT2D eigenvalue weighted by Crippen LogP contribution is -2.36. The van der Waals surface area contributed by atoms with Crippen LogP contribution in [0.4, 0.5) is 10.1 Å². The van der Waals surface area contributed by atoms with Crippen LogP contribution in [0.2, 0.25) is 0 Å². The van der Waals surface area contributed by atoms with E-state index >= 15 is 0 Å². The second kappa shape index (κ2) is 4.01. The normalized spacial score (nSPS) is 22.3. The Morgan fingerprint density at radius 3 is 2.73 bits per heavy atom. The quantitative estimate of drug-likeness (QED) is 0.711. The first-order valence-electron chi connectivity index (χ1n) is 5.05. The topological polar surface area (TPSA) is 12.0 Å². The molecule has 0 bridgehead atoms. The Hall–Kier alpha value is -0.760. The summed E-state index contributed by atoms with van der Waals surface area (Å²) in [6.45, 7) is 6.51. The summed E-state index contributed by atoms with van der Waals surface area (Å²) in [6, 6.07) is 4.99. The van der Waals surface area contributed by atoms with E-state index in [-0.39, 0.29) is 23.8 Å². The molecule has 1 aromatic rings. The minimum absolute atomic E-state index is 0. The highest BCUT2D eigenvalue weighted by Gasteiger charge is 2.28. The number of hydrogen-bond donors (Lipinski definition) is 1. The Labute approximate surface area is 96.5 Å². The molecule has 84 valence electrons. The third-order valence-electron chi connectivity index (χ3n) is 2.83. The average Bonchev–Trinajstić information content (AvgIpc) is 2.05. The summed E-state index contributed by atoms with van der Waals surface area (Å²) in [7, 11) is 0. The molecule has 1 aliphatic heterocycles. The van der Waals surface area contributed by atoms with Crippen molar-refractivity contribution >= 4 is 18.1 Å². The standard InChI is InChI=1S/C12H16FN.ClH/c1-8-7-12(2,3)14-11-5-4-9(13)6-10(8)11;/h4-6,8,14H,7H2,1-3H3;1H. The molecule has 1 N–H and O–H groups in total. The van der Waals surface area contributed by atoms with E-state index < -0.39 is 0 Å². The van der Waals surface area contributed by atoms with E-state index in [1.807, 2.05) is 6.07 Å². The molecule has 0 saturated carbocycles. The van der Waals surface area contributed by atoms with Crippen LogP contribution < -0.4 is 5.32 Å². The summed E-state index contributed by atoms with van der Waals surface area (Å²) >= 11 is 0. The molecule has 1 atom stereocenters. The number of fused-ring (bicyclic) bond motifs is 1. The van der Waals surface area contributed by atoms with E-state index in [4.69, 9.17) is 0 Å². The van der Waals surface area contributed by atoms with Crippen molar-refractivity contribution in [1.82, 2.24) is 0 Å². The molecular formula is C12H17ClFN. The number of nitrogens with one attached hydrogen (secondary N) is 1. The van der Waals surface area contributed by atoms with E-state index in [0.29, 0.717) is 5.92 Å². The highest BCUT2D eigenvalue weighted by atomic mass is 35.5. The zero-order valence-electron chi connectivity index (χ0n) is 9.30. The van der Waals surface area contributed by atoms with Gasteiger partial charge in [0.2, 0.25) is 0 Å². The maximum absolute atomic E-state index is 13.0. The molecule has 0 radical (unpaired) electrons. The smallest absolute Gasteiger partial charge is 0.123 e. The minimum Gasteiger partial charge on any atom is -0.380 e. The van der Waals surface area contributed by atoms with Crippen molar-refractivity contribution in [3.8, 4) is 0 Å². The Morgan fingerprint density at radius 1 is 1.40 bits per heavy atom. The average molecular weight is 230 g/mol. The fourth-order valence-electron chi connectivity index (χ4n) is 2.35. The second-order valence-electron chi connectivity index (χ2n) is 4.85. The van der Waals surface area contributed by atoms with Crippen LogP contribution in [0.1, 0.15) is 38.7 Å². The van der Waals surface area contributed by atoms with Gasteiger partial charge in [0, 0.05) is 11.2 Å². The van der Waals surface area contributed by atoms with Gasteiger partial charge in [0.15, 0.2) is 0 Å². The van der Waals surface area contributed by atoms with Crippen LogP contribution in [-0.2, 0) is 0 Å². The number of halogens is 2. The molecule has 2 rings (SSSR count). The van der Waals surface area contributed by atoms with Gasteiger partial charge in [-0.05, 0) is 49.9 Å². The monoisotopic (exact) mass is 229 g/mol. The van der Waals surface area contributed by atoms with Crippen molar-refractivity contribution in [2.45, 2.75) is 38.6 Å². The first kappa shape index (κ1) is 12.3. The van der Waals surface area contributed by atoms with Gasteiger partial charge >= 0.3 is 0 Å². The van der Waals surface area contributed by atoms with E-state index in [0.717, 1.165) is 17.7 Å². The maximum atomic E-state index is 13.0. The lowest BCUT2D eigenvalue weighted by molar-refractivity contribution is 0.452. The third-order valence-corrected chi connectivity index (χ3v) is 2.83. The van der Waals surface area contributed by atoms with Crippen LogP contribution in [0.15, 0.2) is 18.2 Å². The summed E-state index contributed by atoms with van der Waals surface area (Å²) in [5, 5.41) is 3.43. The Kier molecular flexibility index (Phi) is 3.29. The summed E-state index contributed by atoms with van der Waals surface area (Å²) in [5.74, 6) is 0.286. The van der Waals surface area contributed by atoms with Gasteiger partial charge in [0.05, 0.1) is 0 Å². The largest absolute Gasteiger partial charge is 0.380 e. The molecule has 0 saturated heterocycles. The second-order valence-corrected chi connectivity index (χ2v) is 4.85. The van der Waals surface area contributed by atoms with Gasteiger partial charge in [-0.2, -0.15) is 0 Å². The van der Waals surface area contributed by atoms with E-state index in [9.17, 15) is 4.39 Å². The van der Waals surface area contributed by atoms with Crippen LogP contribution >= 0.6 is 12.4 Å². The maximum Gasteiger partial charge on any atom is 0.123 e. The van der Waals surface area contributed by atoms with Crippen molar-refractivity contribution in [2.24, 2.45) is 0 Å². The minimum atomic E-state index is -0.142. The number of rotatable bonds is 0. The predicted molar refractivity (Wildman–Crippen MR) is 64.4 cm³/mol. The number of anilines is 1. The van der Waals surface area contributed by atoms with Gasteiger partial charge < -0.3 is 5.32 Å². The van der Waals surface area contributed by atoms with Gasteiger partial charge in [-0.15, -0.1) is 12.4 Å². The first-order valence-corrected chi connectivity index (χ1v) is 5.05. The highest BCUT2D eigenvalue weighted by molar-refractivity contribution is 5.85. The lowest BCUT2D eigenvalue weighted by atomic mass is 9.82. The number of benzene rings is 1.